The molecule has 1 fully saturated rings. The van der Waals surface area contributed by atoms with Gasteiger partial charge < -0.3 is 15.4 Å². The van der Waals surface area contributed by atoms with Gasteiger partial charge in [0, 0.05) is 0 Å². The quantitative estimate of drug-likeness (QED) is 0.400. The highest BCUT2D eigenvalue weighted by Crippen LogP contribution is 2.41. The molecule has 1 saturated heterocycles. The van der Waals surface area contributed by atoms with Crippen LogP contribution in [0.25, 0.3) is 0 Å². The van der Waals surface area contributed by atoms with Crippen molar-refractivity contribution in [2.24, 2.45) is 5.73 Å². The maximum atomic E-state index is 13.4. The van der Waals surface area contributed by atoms with Crippen LogP contribution in [0.1, 0.15) is 17.2 Å². The Morgan fingerprint density at radius 3 is 2.13 bits per heavy atom. The highest BCUT2D eigenvalue weighted by molar-refractivity contribution is 9.28. The molecular formula is C22H19Br2ClN2O3S. The van der Waals surface area contributed by atoms with Gasteiger partial charge in [-0.2, -0.15) is 0 Å². The molecule has 2 heterocycles. The van der Waals surface area contributed by atoms with Crippen molar-refractivity contribution < 1.29 is 14.3 Å². The maximum Gasteiger partial charge on any atom is 0.334 e. The molecule has 9 heteroatoms. The van der Waals surface area contributed by atoms with Crippen LogP contribution in [0, 0.1) is 0 Å². The number of hydrogen-bond acceptors (Lipinski definition) is 5. The summed E-state index contributed by atoms with van der Waals surface area (Å²) in [7, 11) is 0. The Morgan fingerprint density at radius 2 is 1.61 bits per heavy atom. The predicted octanol–water partition coefficient (Wildman–Crippen LogP) is 4.87. The van der Waals surface area contributed by atoms with Crippen molar-refractivity contribution in [1.29, 1.82) is 0 Å². The second-order valence-electron chi connectivity index (χ2n) is 6.89. The van der Waals surface area contributed by atoms with Crippen molar-refractivity contribution in [3.63, 3.8) is 0 Å². The molecule has 0 saturated carbocycles. The molecule has 0 bridgehead atoms. The number of esters is 1. The number of halogens is 3. The summed E-state index contributed by atoms with van der Waals surface area (Å²) >= 11 is 8.11. The summed E-state index contributed by atoms with van der Waals surface area (Å²) in [4.78, 5) is 27.4. The van der Waals surface area contributed by atoms with Crippen molar-refractivity contribution in [3.8, 4) is 0 Å². The Kier molecular flexibility index (Phi) is 8.04. The highest BCUT2D eigenvalue weighted by Gasteiger charge is 2.54. The van der Waals surface area contributed by atoms with E-state index in [0.29, 0.717) is 8.96 Å². The van der Waals surface area contributed by atoms with Crippen molar-refractivity contribution >= 4 is 67.9 Å². The maximum absolute atomic E-state index is 13.4. The average molecular weight is 587 g/mol. The van der Waals surface area contributed by atoms with Gasteiger partial charge in [0.05, 0.1) is 3.39 Å². The number of ether oxygens (including phenoxy) is 1. The lowest BCUT2D eigenvalue weighted by Crippen LogP contribution is -2.72. The SMILES string of the molecule is Cl.NC1C(=O)N2C(C(=O)OC(c3ccccc3)c3ccccc3)C(C=C(Br)Br)=CS[C@H]12. The van der Waals surface area contributed by atoms with E-state index in [1.54, 1.807) is 6.08 Å². The first-order valence-corrected chi connectivity index (χ1v) is 11.8. The van der Waals surface area contributed by atoms with E-state index in [0.717, 1.165) is 11.1 Å². The molecule has 0 aromatic heterocycles. The first-order chi connectivity index (χ1) is 14.5. The number of β-lactam (4-membered cyclic amide) rings is 1. The zero-order valence-corrected chi connectivity index (χ0v) is 20.9. The predicted molar refractivity (Wildman–Crippen MR) is 132 cm³/mol. The van der Waals surface area contributed by atoms with E-state index < -0.39 is 24.2 Å². The van der Waals surface area contributed by atoms with Gasteiger partial charge in [0.15, 0.2) is 12.1 Å². The van der Waals surface area contributed by atoms with Gasteiger partial charge in [-0.3, -0.25) is 4.79 Å². The fourth-order valence-corrected chi connectivity index (χ4v) is 5.23. The van der Waals surface area contributed by atoms with Crippen LogP contribution in [-0.2, 0) is 14.3 Å². The van der Waals surface area contributed by atoms with Crippen LogP contribution < -0.4 is 5.73 Å². The third-order valence-electron chi connectivity index (χ3n) is 5.00. The summed E-state index contributed by atoms with van der Waals surface area (Å²) in [5.74, 6) is -0.753. The van der Waals surface area contributed by atoms with E-state index in [1.165, 1.54) is 16.7 Å². The molecule has 162 valence electrons. The standard InChI is InChI=1S/C22H18Br2N2O3S.ClH/c23-16(24)11-15-12-30-21-17(25)20(27)26(21)18(15)22(28)29-19(13-7-3-1-4-8-13)14-9-5-2-6-10-14;/h1-12,17-19,21H,25H2;1H/t17?,18?,21-;/m1./s1. The van der Waals surface area contributed by atoms with Gasteiger partial charge in [-0.25, -0.2) is 4.79 Å². The van der Waals surface area contributed by atoms with Crippen molar-refractivity contribution in [2.75, 3.05) is 0 Å². The topological polar surface area (TPSA) is 72.6 Å². The molecule has 2 aliphatic heterocycles. The number of nitrogens with two attached hydrogens (primary N) is 1. The molecule has 5 nitrogen and oxygen atoms in total. The summed E-state index contributed by atoms with van der Waals surface area (Å²) in [5, 5.41) is 1.59. The Hall–Kier alpha value is -1.58. The first-order valence-electron chi connectivity index (χ1n) is 9.23. The van der Waals surface area contributed by atoms with Gasteiger partial charge in [0.2, 0.25) is 5.91 Å². The van der Waals surface area contributed by atoms with Gasteiger partial charge in [0.1, 0.15) is 11.4 Å². The molecule has 2 aromatic rings. The molecule has 31 heavy (non-hydrogen) atoms. The fourth-order valence-electron chi connectivity index (χ4n) is 3.56. The lowest BCUT2D eigenvalue weighted by Gasteiger charge is -2.50. The number of benzene rings is 2. The van der Waals surface area contributed by atoms with Crippen LogP contribution in [0.3, 0.4) is 0 Å². The Labute approximate surface area is 207 Å². The summed E-state index contributed by atoms with van der Waals surface area (Å²) in [6.07, 6.45) is 1.17. The molecular weight excluding hydrogens is 568 g/mol. The van der Waals surface area contributed by atoms with Crippen LogP contribution in [0.2, 0.25) is 0 Å². The van der Waals surface area contributed by atoms with E-state index in [4.69, 9.17) is 10.5 Å². The number of carbonyl (C=O) groups is 2. The van der Waals surface area contributed by atoms with Crippen molar-refractivity contribution in [1.82, 2.24) is 4.90 Å². The lowest BCUT2D eigenvalue weighted by molar-refractivity contribution is -0.163. The van der Waals surface area contributed by atoms with Gasteiger partial charge in [-0.05, 0) is 60.0 Å². The Morgan fingerprint density at radius 1 is 1.06 bits per heavy atom. The number of rotatable bonds is 5. The second kappa shape index (κ2) is 10.4. The van der Waals surface area contributed by atoms with E-state index in [2.05, 4.69) is 31.9 Å². The minimum absolute atomic E-state index is 0. The van der Waals surface area contributed by atoms with Crippen LogP contribution in [0.5, 0.6) is 0 Å². The Bertz CT molecular complexity index is 976. The zero-order valence-electron chi connectivity index (χ0n) is 16.1. The summed E-state index contributed by atoms with van der Waals surface area (Å²) in [6, 6.07) is 17.6. The number of carbonyl (C=O) groups excluding carboxylic acids is 2. The second-order valence-corrected chi connectivity index (χ2v) is 10.7. The average Bonchev–Trinajstić information content (AvgIpc) is 2.77. The Balaban J connectivity index is 0.00000272. The summed E-state index contributed by atoms with van der Waals surface area (Å²) in [5.41, 5.74) is 8.31. The van der Waals surface area contributed by atoms with Crippen LogP contribution in [0.4, 0.5) is 0 Å². The number of hydrogen-bond donors (Lipinski definition) is 1. The van der Waals surface area contributed by atoms with E-state index in [9.17, 15) is 9.59 Å². The van der Waals surface area contributed by atoms with Crippen molar-refractivity contribution in [2.45, 2.75) is 23.6 Å². The van der Waals surface area contributed by atoms with E-state index in [1.807, 2.05) is 66.1 Å². The minimum atomic E-state index is -0.858. The number of nitrogens with zero attached hydrogens (tertiary/aromatic N) is 1. The highest BCUT2D eigenvalue weighted by atomic mass is 79.9. The first kappa shape index (κ1) is 24.1. The monoisotopic (exact) mass is 584 g/mol. The van der Waals surface area contributed by atoms with Gasteiger partial charge in [-0.15, -0.1) is 24.2 Å². The number of amides is 1. The lowest BCUT2D eigenvalue weighted by atomic mass is 9.98. The number of fused-ring (bicyclic) bond motifs is 1. The van der Waals surface area contributed by atoms with E-state index >= 15 is 0 Å². The normalized spacial score (nSPS) is 21.9. The molecule has 1 amide bonds. The van der Waals surface area contributed by atoms with Gasteiger partial charge in [-0.1, -0.05) is 60.7 Å². The molecule has 2 unspecified atom stereocenters. The zero-order chi connectivity index (χ0) is 21.3. The minimum Gasteiger partial charge on any atom is -0.451 e. The molecule has 2 aromatic carbocycles. The van der Waals surface area contributed by atoms with Gasteiger partial charge >= 0.3 is 5.97 Å². The molecule has 0 aliphatic carbocycles. The van der Waals surface area contributed by atoms with E-state index in [-0.39, 0.29) is 23.7 Å². The molecule has 3 atom stereocenters. The third kappa shape index (κ3) is 4.93. The van der Waals surface area contributed by atoms with Crippen LogP contribution in [-0.4, -0.2) is 34.2 Å². The fraction of sp³-hybridized carbons (Fsp3) is 0.182. The molecule has 4 rings (SSSR count). The van der Waals surface area contributed by atoms with Crippen LogP contribution >= 0.6 is 56.0 Å². The van der Waals surface area contributed by atoms with Crippen molar-refractivity contribution in [3.05, 3.63) is 92.2 Å². The smallest absolute Gasteiger partial charge is 0.334 e. The molecule has 2 aliphatic rings. The summed E-state index contributed by atoms with van der Waals surface area (Å²) in [6.45, 7) is 0. The largest absolute Gasteiger partial charge is 0.451 e. The molecule has 0 radical (unpaired) electrons. The van der Waals surface area contributed by atoms with Gasteiger partial charge in [0.25, 0.3) is 0 Å². The third-order valence-corrected chi connectivity index (χ3v) is 6.66. The van der Waals surface area contributed by atoms with Crippen LogP contribution in [0.15, 0.2) is 81.1 Å². The molecule has 2 N–H and O–H groups in total. The number of thioether (sulfide) groups is 1. The molecule has 0 spiro atoms. The summed E-state index contributed by atoms with van der Waals surface area (Å²) < 4.78 is 6.69.